The van der Waals surface area contributed by atoms with Gasteiger partial charge in [-0.1, -0.05) is 6.42 Å². The molecular weight excluding hydrogens is 194 g/mol. The van der Waals surface area contributed by atoms with Crippen LogP contribution < -0.4 is 5.32 Å². The Morgan fingerprint density at radius 1 is 1.67 bits per heavy atom. The molecule has 15 heavy (non-hydrogen) atoms. The SMILES string of the molecule is Cn1nc(C2CCCCN2)cc1C(=O)O. The third kappa shape index (κ3) is 2.02. The first-order chi connectivity index (χ1) is 7.18. The Labute approximate surface area is 88.1 Å². The summed E-state index contributed by atoms with van der Waals surface area (Å²) in [5.74, 6) is -0.924. The lowest BCUT2D eigenvalue weighted by Crippen LogP contribution is -2.27. The number of aromatic nitrogens is 2. The third-order valence-electron chi connectivity index (χ3n) is 2.79. The molecule has 0 saturated carbocycles. The van der Waals surface area contributed by atoms with E-state index in [4.69, 9.17) is 5.11 Å². The van der Waals surface area contributed by atoms with Gasteiger partial charge in [0.15, 0.2) is 0 Å². The number of rotatable bonds is 2. The molecule has 2 N–H and O–H groups in total. The van der Waals surface area contributed by atoms with Gasteiger partial charge in [-0.15, -0.1) is 0 Å². The Balaban J connectivity index is 2.21. The van der Waals surface area contributed by atoms with Gasteiger partial charge in [0.05, 0.1) is 11.7 Å². The summed E-state index contributed by atoms with van der Waals surface area (Å²) in [7, 11) is 1.66. The number of hydrogen-bond donors (Lipinski definition) is 2. The molecule has 1 atom stereocenters. The smallest absolute Gasteiger partial charge is 0.354 e. The van der Waals surface area contributed by atoms with Crippen molar-refractivity contribution in [2.75, 3.05) is 6.54 Å². The molecule has 1 aliphatic heterocycles. The molecule has 1 unspecified atom stereocenters. The van der Waals surface area contributed by atoms with Crippen LogP contribution in [0, 0.1) is 0 Å². The van der Waals surface area contributed by atoms with E-state index in [1.54, 1.807) is 13.1 Å². The van der Waals surface area contributed by atoms with Crippen molar-refractivity contribution in [1.29, 1.82) is 0 Å². The Bertz CT molecular complexity index is 367. The standard InChI is InChI=1S/C10H15N3O2/c1-13-9(10(14)15)6-8(12-13)7-4-2-3-5-11-7/h6-7,11H,2-5H2,1H3,(H,14,15). The van der Waals surface area contributed by atoms with E-state index >= 15 is 0 Å². The van der Waals surface area contributed by atoms with Crippen molar-refractivity contribution < 1.29 is 9.90 Å². The van der Waals surface area contributed by atoms with Gasteiger partial charge in [0.25, 0.3) is 0 Å². The zero-order valence-corrected chi connectivity index (χ0v) is 8.73. The average Bonchev–Trinajstić information content (AvgIpc) is 2.62. The number of nitrogens with zero attached hydrogens (tertiary/aromatic N) is 2. The first kappa shape index (κ1) is 10.2. The second-order valence-electron chi connectivity index (χ2n) is 3.89. The minimum atomic E-state index is -0.924. The number of piperidine rings is 1. The van der Waals surface area contributed by atoms with Gasteiger partial charge in [0, 0.05) is 7.05 Å². The fraction of sp³-hybridized carbons (Fsp3) is 0.600. The average molecular weight is 209 g/mol. The van der Waals surface area contributed by atoms with Gasteiger partial charge < -0.3 is 10.4 Å². The van der Waals surface area contributed by atoms with Crippen LogP contribution in [0.4, 0.5) is 0 Å². The molecule has 1 aliphatic rings. The summed E-state index contributed by atoms with van der Waals surface area (Å²) in [5, 5.41) is 16.5. The molecule has 0 amide bonds. The molecule has 0 aromatic carbocycles. The molecule has 0 spiro atoms. The fourth-order valence-electron chi connectivity index (χ4n) is 1.96. The zero-order valence-electron chi connectivity index (χ0n) is 8.73. The van der Waals surface area contributed by atoms with Gasteiger partial charge in [-0.05, 0) is 25.5 Å². The molecule has 1 aromatic rings. The summed E-state index contributed by atoms with van der Waals surface area (Å²) in [6.45, 7) is 0.990. The highest BCUT2D eigenvalue weighted by atomic mass is 16.4. The molecule has 5 nitrogen and oxygen atoms in total. The topological polar surface area (TPSA) is 67.2 Å². The van der Waals surface area contributed by atoms with Crippen LogP contribution in [0.15, 0.2) is 6.07 Å². The highest BCUT2D eigenvalue weighted by molar-refractivity contribution is 5.85. The monoisotopic (exact) mass is 209 g/mol. The number of aromatic carboxylic acids is 1. The van der Waals surface area contributed by atoms with Crippen LogP contribution in [0.25, 0.3) is 0 Å². The third-order valence-corrected chi connectivity index (χ3v) is 2.79. The van der Waals surface area contributed by atoms with Crippen LogP contribution >= 0.6 is 0 Å². The molecule has 1 saturated heterocycles. The maximum absolute atomic E-state index is 10.8. The maximum Gasteiger partial charge on any atom is 0.354 e. The first-order valence-electron chi connectivity index (χ1n) is 5.19. The number of nitrogens with one attached hydrogen (secondary N) is 1. The Hall–Kier alpha value is -1.36. The minimum absolute atomic E-state index is 0.220. The molecule has 0 aliphatic carbocycles. The lowest BCUT2D eigenvalue weighted by Gasteiger charge is -2.21. The Kier molecular flexibility index (Phi) is 2.73. The molecule has 1 aromatic heterocycles. The van der Waals surface area contributed by atoms with Crippen molar-refractivity contribution in [2.45, 2.75) is 25.3 Å². The van der Waals surface area contributed by atoms with Gasteiger partial charge in [0.1, 0.15) is 5.69 Å². The van der Waals surface area contributed by atoms with Gasteiger partial charge in [-0.2, -0.15) is 5.10 Å². The van der Waals surface area contributed by atoms with E-state index in [-0.39, 0.29) is 11.7 Å². The molecule has 0 radical (unpaired) electrons. The quantitative estimate of drug-likeness (QED) is 0.760. The number of hydrogen-bond acceptors (Lipinski definition) is 3. The van der Waals surface area contributed by atoms with Crippen LogP contribution in [0.2, 0.25) is 0 Å². The number of carboxylic acid groups (broad SMARTS) is 1. The first-order valence-corrected chi connectivity index (χ1v) is 5.19. The van der Waals surface area contributed by atoms with E-state index < -0.39 is 5.97 Å². The Morgan fingerprint density at radius 2 is 2.47 bits per heavy atom. The second kappa shape index (κ2) is 4.02. The van der Waals surface area contributed by atoms with E-state index in [9.17, 15) is 4.79 Å². The molecule has 2 rings (SSSR count). The van der Waals surface area contributed by atoms with Gasteiger partial charge in [-0.3, -0.25) is 4.68 Å². The summed E-state index contributed by atoms with van der Waals surface area (Å²) in [5.41, 5.74) is 1.09. The van der Waals surface area contributed by atoms with Crippen LogP contribution in [-0.2, 0) is 7.05 Å². The molecule has 0 bridgehead atoms. The van der Waals surface area contributed by atoms with Crippen LogP contribution in [-0.4, -0.2) is 27.4 Å². The van der Waals surface area contributed by atoms with Crippen LogP contribution in [0.3, 0.4) is 0 Å². The van der Waals surface area contributed by atoms with Gasteiger partial charge in [-0.25, -0.2) is 4.79 Å². The minimum Gasteiger partial charge on any atom is -0.477 e. The lowest BCUT2D eigenvalue weighted by molar-refractivity contribution is 0.0685. The molecule has 82 valence electrons. The van der Waals surface area contributed by atoms with Crippen LogP contribution in [0.5, 0.6) is 0 Å². The van der Waals surface area contributed by atoms with Gasteiger partial charge >= 0.3 is 5.97 Å². The van der Waals surface area contributed by atoms with E-state index in [2.05, 4.69) is 10.4 Å². The number of aryl methyl sites for hydroxylation is 1. The van der Waals surface area contributed by atoms with Crippen LogP contribution in [0.1, 0.15) is 41.5 Å². The second-order valence-corrected chi connectivity index (χ2v) is 3.89. The number of carbonyl (C=O) groups is 1. The van der Waals surface area contributed by atoms with Crippen molar-refractivity contribution in [1.82, 2.24) is 15.1 Å². The zero-order chi connectivity index (χ0) is 10.8. The summed E-state index contributed by atoms with van der Waals surface area (Å²) in [6.07, 6.45) is 3.40. The largest absolute Gasteiger partial charge is 0.477 e. The molecule has 1 fully saturated rings. The predicted octanol–water partition coefficient (Wildman–Crippen LogP) is 0.933. The predicted molar refractivity (Wildman–Crippen MR) is 54.8 cm³/mol. The van der Waals surface area contributed by atoms with Crippen molar-refractivity contribution >= 4 is 5.97 Å². The van der Waals surface area contributed by atoms with Crippen molar-refractivity contribution in [3.63, 3.8) is 0 Å². The summed E-state index contributed by atoms with van der Waals surface area (Å²) in [6, 6.07) is 1.88. The highest BCUT2D eigenvalue weighted by Gasteiger charge is 2.20. The van der Waals surface area contributed by atoms with E-state index in [1.165, 1.54) is 17.5 Å². The van der Waals surface area contributed by atoms with E-state index in [0.29, 0.717) is 0 Å². The van der Waals surface area contributed by atoms with Gasteiger partial charge in [0.2, 0.25) is 0 Å². The van der Waals surface area contributed by atoms with E-state index in [0.717, 1.165) is 18.7 Å². The highest BCUT2D eigenvalue weighted by Crippen LogP contribution is 2.22. The number of carboxylic acids is 1. The summed E-state index contributed by atoms with van der Waals surface area (Å²) in [4.78, 5) is 10.8. The van der Waals surface area contributed by atoms with Crippen molar-refractivity contribution in [3.8, 4) is 0 Å². The fourth-order valence-corrected chi connectivity index (χ4v) is 1.96. The summed E-state index contributed by atoms with van der Waals surface area (Å²) >= 11 is 0. The van der Waals surface area contributed by atoms with E-state index in [1.807, 2.05) is 0 Å². The normalized spacial score (nSPS) is 21.5. The molecule has 2 heterocycles. The lowest BCUT2D eigenvalue weighted by atomic mass is 10.0. The summed E-state index contributed by atoms with van der Waals surface area (Å²) < 4.78 is 1.42. The molecular formula is C10H15N3O2. The van der Waals surface area contributed by atoms with Crippen molar-refractivity contribution in [3.05, 3.63) is 17.5 Å². The maximum atomic E-state index is 10.8. The van der Waals surface area contributed by atoms with Crippen molar-refractivity contribution in [2.24, 2.45) is 7.05 Å². The Morgan fingerprint density at radius 3 is 3.00 bits per heavy atom. The molecule has 5 heteroatoms.